The van der Waals surface area contributed by atoms with Gasteiger partial charge in [0.25, 0.3) is 0 Å². The Balaban J connectivity index is 1.28. The van der Waals surface area contributed by atoms with Crippen LogP contribution in [0, 0.1) is 0 Å². The number of phenols is 5. The molecule has 0 saturated heterocycles. The number of thiophene rings is 1. The van der Waals surface area contributed by atoms with Crippen LogP contribution in [0.1, 0.15) is 0 Å². The van der Waals surface area contributed by atoms with Gasteiger partial charge in [0, 0.05) is 59.2 Å². The molecule has 0 atom stereocenters. The van der Waals surface area contributed by atoms with Gasteiger partial charge in [-0.25, -0.2) is 9.97 Å². The van der Waals surface area contributed by atoms with Gasteiger partial charge in [0.05, 0.1) is 22.1 Å². The Labute approximate surface area is 291 Å². The SMILES string of the molecule is Oc1c(O)c(O)c(-c2nc(-c3cccc(-n4c5ccccc5c5c6c7ccccc7sc6c6ccccc6c54)c3)nc3cccnc23)c(O)c1O. The highest BCUT2D eigenvalue weighted by Crippen LogP contribution is 2.55. The Morgan fingerprint density at radius 1 is 0.569 bits per heavy atom. The predicted octanol–water partition coefficient (Wildman–Crippen LogP) is 9.50. The number of fused-ring (bicyclic) bond motifs is 11. The van der Waals surface area contributed by atoms with Crippen molar-refractivity contribution in [3.8, 4) is 57.1 Å². The summed E-state index contributed by atoms with van der Waals surface area (Å²) >= 11 is 1.81. The summed E-state index contributed by atoms with van der Waals surface area (Å²) in [6.07, 6.45) is 1.50. The first kappa shape index (κ1) is 29.0. The second-order valence-corrected chi connectivity index (χ2v) is 13.4. The van der Waals surface area contributed by atoms with Crippen LogP contribution in [0.2, 0.25) is 0 Å². The number of para-hydroxylation sites is 1. The molecule has 0 aliphatic heterocycles. The maximum Gasteiger partial charge on any atom is 0.208 e. The standard InChI is InChI=1S/C41H24N4O5S/c46-35-31(36(47)38(49)39(50)37(35)48)33-32-26(15-8-18-42-32)43-41(44-33)20-9-7-10-21(19-20)45-27-16-5-3-13-24(27)29-30-25-14-4-6-17-28(25)51-40(30)23-12-2-1-11-22(23)34(29)45/h1-19,46-50H. The van der Waals surface area contributed by atoms with Gasteiger partial charge in [0.2, 0.25) is 17.2 Å². The first-order chi connectivity index (χ1) is 24.9. The van der Waals surface area contributed by atoms with E-state index in [1.807, 2.05) is 41.7 Å². The monoisotopic (exact) mass is 684 g/mol. The Morgan fingerprint density at radius 2 is 1.25 bits per heavy atom. The summed E-state index contributed by atoms with van der Waals surface area (Å²) < 4.78 is 4.76. The number of aromatic nitrogens is 4. The lowest BCUT2D eigenvalue weighted by atomic mass is 10.00. The van der Waals surface area contributed by atoms with Crippen molar-refractivity contribution in [2.45, 2.75) is 0 Å². The van der Waals surface area contributed by atoms with E-state index in [0.717, 1.165) is 27.5 Å². The van der Waals surface area contributed by atoms with Crippen molar-refractivity contribution in [1.29, 1.82) is 0 Å². The van der Waals surface area contributed by atoms with Crippen LogP contribution in [0.15, 0.2) is 115 Å². The zero-order valence-electron chi connectivity index (χ0n) is 26.4. The Kier molecular flexibility index (Phi) is 6.00. The molecule has 0 spiro atoms. The largest absolute Gasteiger partial charge is 0.504 e. The van der Waals surface area contributed by atoms with Crippen LogP contribution in [-0.4, -0.2) is 45.1 Å². The molecule has 0 radical (unpaired) electrons. The summed E-state index contributed by atoms with van der Waals surface area (Å²) in [6, 6.07) is 36.7. The van der Waals surface area contributed by atoms with Crippen molar-refractivity contribution in [3.63, 3.8) is 0 Å². The summed E-state index contributed by atoms with van der Waals surface area (Å²) in [7, 11) is 0. The molecule has 5 N–H and O–H groups in total. The molecule has 0 unspecified atom stereocenters. The highest BCUT2D eigenvalue weighted by atomic mass is 32.1. The molecule has 10 heteroatoms. The van der Waals surface area contributed by atoms with E-state index in [0.29, 0.717) is 11.1 Å². The molecule has 10 rings (SSSR count). The van der Waals surface area contributed by atoms with Gasteiger partial charge in [-0.2, -0.15) is 0 Å². The van der Waals surface area contributed by atoms with Crippen molar-refractivity contribution in [2.75, 3.05) is 0 Å². The van der Waals surface area contributed by atoms with Crippen LogP contribution in [0.4, 0.5) is 0 Å². The predicted molar refractivity (Wildman–Crippen MR) is 201 cm³/mol. The number of rotatable bonds is 3. The van der Waals surface area contributed by atoms with Crippen molar-refractivity contribution in [2.24, 2.45) is 0 Å². The Hall–Kier alpha value is -6.91. The highest BCUT2D eigenvalue weighted by molar-refractivity contribution is 7.27. The number of hydrogen-bond acceptors (Lipinski definition) is 9. The van der Waals surface area contributed by atoms with E-state index in [4.69, 9.17) is 9.97 Å². The summed E-state index contributed by atoms with van der Waals surface area (Å²) in [6.45, 7) is 0. The third kappa shape index (κ3) is 3.99. The van der Waals surface area contributed by atoms with E-state index >= 15 is 0 Å². The molecular formula is C41H24N4O5S. The number of nitrogens with zero attached hydrogens (tertiary/aromatic N) is 4. The minimum atomic E-state index is -1.06. The van der Waals surface area contributed by atoms with Crippen molar-refractivity contribution < 1.29 is 25.5 Å². The van der Waals surface area contributed by atoms with Crippen LogP contribution in [0.25, 0.3) is 92.1 Å². The fourth-order valence-electron chi connectivity index (χ4n) is 7.35. The molecular weight excluding hydrogens is 661 g/mol. The van der Waals surface area contributed by atoms with Crippen LogP contribution in [0.3, 0.4) is 0 Å². The summed E-state index contributed by atoms with van der Waals surface area (Å²) in [5, 5.41) is 59.6. The molecule has 4 aromatic heterocycles. The zero-order valence-corrected chi connectivity index (χ0v) is 27.2. The highest BCUT2D eigenvalue weighted by Gasteiger charge is 2.28. The van der Waals surface area contributed by atoms with Gasteiger partial charge in [0.15, 0.2) is 17.3 Å². The second-order valence-electron chi connectivity index (χ2n) is 12.4. The van der Waals surface area contributed by atoms with Crippen molar-refractivity contribution in [3.05, 3.63) is 115 Å². The molecule has 0 saturated carbocycles. The topological polar surface area (TPSA) is 145 Å². The number of benzene rings is 6. The van der Waals surface area contributed by atoms with Crippen LogP contribution < -0.4 is 0 Å². The van der Waals surface area contributed by atoms with E-state index in [1.54, 1.807) is 12.1 Å². The molecule has 10 aromatic rings. The lowest BCUT2D eigenvalue weighted by Crippen LogP contribution is -1.99. The molecule has 0 amide bonds. The fraction of sp³-hybridized carbons (Fsp3) is 0. The molecule has 51 heavy (non-hydrogen) atoms. The summed E-state index contributed by atoms with van der Waals surface area (Å²) in [4.78, 5) is 13.9. The second kappa shape index (κ2) is 10.5. The number of phenolic OH excluding ortho intramolecular Hbond substituents is 5. The summed E-state index contributed by atoms with van der Waals surface area (Å²) in [5.74, 6) is -4.54. The van der Waals surface area contributed by atoms with Crippen LogP contribution >= 0.6 is 11.3 Å². The Bertz CT molecular complexity index is 3080. The van der Waals surface area contributed by atoms with E-state index in [-0.39, 0.29) is 17.0 Å². The normalized spacial score (nSPS) is 11.9. The number of aromatic hydroxyl groups is 5. The van der Waals surface area contributed by atoms with E-state index < -0.39 is 34.3 Å². The molecule has 9 nitrogen and oxygen atoms in total. The lowest BCUT2D eigenvalue weighted by Gasteiger charge is -2.15. The molecule has 6 aromatic carbocycles. The average molecular weight is 685 g/mol. The average Bonchev–Trinajstić information content (AvgIpc) is 3.73. The van der Waals surface area contributed by atoms with Crippen molar-refractivity contribution >= 4 is 75.1 Å². The molecule has 0 bridgehead atoms. The van der Waals surface area contributed by atoms with Gasteiger partial charge in [-0.3, -0.25) is 4.98 Å². The van der Waals surface area contributed by atoms with Gasteiger partial charge in [-0.05, 0) is 36.4 Å². The minimum absolute atomic E-state index is 0.0452. The molecule has 0 fully saturated rings. The van der Waals surface area contributed by atoms with E-state index in [1.165, 1.54) is 37.1 Å². The summed E-state index contributed by atoms with van der Waals surface area (Å²) in [5.41, 5.74) is 3.76. The molecule has 244 valence electrons. The van der Waals surface area contributed by atoms with Gasteiger partial charge in [0.1, 0.15) is 11.2 Å². The lowest BCUT2D eigenvalue weighted by molar-refractivity contribution is 0.330. The Morgan fingerprint density at radius 3 is 2.06 bits per heavy atom. The quantitative estimate of drug-likeness (QED) is 0.0914. The van der Waals surface area contributed by atoms with E-state index in [2.05, 4.69) is 76.3 Å². The third-order valence-electron chi connectivity index (χ3n) is 9.57. The van der Waals surface area contributed by atoms with Crippen LogP contribution in [-0.2, 0) is 0 Å². The fourth-order valence-corrected chi connectivity index (χ4v) is 8.60. The maximum atomic E-state index is 10.9. The molecule has 4 heterocycles. The number of pyridine rings is 1. The third-order valence-corrected chi connectivity index (χ3v) is 10.8. The first-order valence-corrected chi connectivity index (χ1v) is 16.9. The van der Waals surface area contributed by atoms with Crippen molar-refractivity contribution in [1.82, 2.24) is 19.5 Å². The molecule has 0 aliphatic rings. The smallest absolute Gasteiger partial charge is 0.208 e. The zero-order chi connectivity index (χ0) is 34.5. The van der Waals surface area contributed by atoms with Gasteiger partial charge >= 0.3 is 0 Å². The first-order valence-electron chi connectivity index (χ1n) is 16.1. The van der Waals surface area contributed by atoms with Gasteiger partial charge in [-0.1, -0.05) is 72.8 Å². The minimum Gasteiger partial charge on any atom is -0.504 e. The molecule has 0 aliphatic carbocycles. The number of hydrogen-bond donors (Lipinski definition) is 5. The van der Waals surface area contributed by atoms with E-state index in [9.17, 15) is 25.5 Å². The van der Waals surface area contributed by atoms with Gasteiger partial charge in [-0.15, -0.1) is 11.3 Å². The van der Waals surface area contributed by atoms with Gasteiger partial charge < -0.3 is 30.1 Å². The van der Waals surface area contributed by atoms with Crippen LogP contribution in [0.5, 0.6) is 28.7 Å². The maximum absolute atomic E-state index is 10.9.